The van der Waals surface area contributed by atoms with Crippen molar-refractivity contribution in [2.75, 3.05) is 13.2 Å². The van der Waals surface area contributed by atoms with E-state index in [-0.39, 0.29) is 18.5 Å². The van der Waals surface area contributed by atoms with Crippen molar-refractivity contribution in [3.8, 4) is 0 Å². The molecule has 0 saturated carbocycles. The van der Waals surface area contributed by atoms with Crippen LogP contribution in [0.15, 0.2) is 12.2 Å². The van der Waals surface area contributed by atoms with Crippen LogP contribution < -0.4 is 5.32 Å². The molecule has 0 aliphatic heterocycles. The summed E-state index contributed by atoms with van der Waals surface area (Å²) in [4.78, 5) is 24.6. The van der Waals surface area contributed by atoms with Gasteiger partial charge >= 0.3 is 5.97 Å². The van der Waals surface area contributed by atoms with Gasteiger partial charge in [-0.1, -0.05) is 296 Å². The Hall–Kier alpha value is -1.40. The van der Waals surface area contributed by atoms with Crippen molar-refractivity contribution in [3.63, 3.8) is 0 Å². The van der Waals surface area contributed by atoms with Gasteiger partial charge in [0.05, 0.1) is 25.4 Å². The molecule has 0 aliphatic rings. The Morgan fingerprint density at radius 1 is 0.397 bits per heavy atom. The van der Waals surface area contributed by atoms with Gasteiger partial charge < -0.3 is 20.3 Å². The smallest absolute Gasteiger partial charge is 0.305 e. The monoisotopic (exact) mass is 960 g/mol. The zero-order valence-corrected chi connectivity index (χ0v) is 46.1. The number of allylic oxidation sites excluding steroid dienone is 2. The van der Waals surface area contributed by atoms with E-state index in [1.54, 1.807) is 0 Å². The number of hydrogen-bond donors (Lipinski definition) is 3. The molecule has 2 unspecified atom stereocenters. The van der Waals surface area contributed by atoms with Crippen LogP contribution in [0.25, 0.3) is 0 Å². The molecule has 0 aromatic heterocycles. The SMILES string of the molecule is CCCCCCCCC/C=C\CCCCCCCC(=O)OCCCCCCCCCCCCCCC(=O)NC(CO)C(O)CCCCCCCCCCCCCCCCCCCCCCCCC. The molecule has 0 radical (unpaired) electrons. The third kappa shape index (κ3) is 53.9. The number of carbonyl (C=O) groups excluding carboxylic acids is 2. The topological polar surface area (TPSA) is 95.9 Å². The minimum absolute atomic E-state index is 0.0152. The number of carbonyl (C=O) groups is 2. The molecule has 0 aliphatic carbocycles. The van der Waals surface area contributed by atoms with Gasteiger partial charge in [-0.15, -0.1) is 0 Å². The number of rotatable bonds is 58. The molecule has 0 fully saturated rings. The zero-order chi connectivity index (χ0) is 49.3. The number of esters is 1. The van der Waals surface area contributed by atoms with E-state index in [1.165, 1.54) is 257 Å². The Kier molecular flexibility index (Phi) is 57.0. The first-order valence-electron chi connectivity index (χ1n) is 30.9. The molecule has 2 atom stereocenters. The highest BCUT2D eigenvalue weighted by Crippen LogP contribution is 2.18. The van der Waals surface area contributed by atoms with Crippen LogP contribution in [0.4, 0.5) is 0 Å². The van der Waals surface area contributed by atoms with E-state index in [4.69, 9.17) is 4.74 Å². The van der Waals surface area contributed by atoms with Crippen LogP contribution in [0.5, 0.6) is 0 Å². The van der Waals surface area contributed by atoms with E-state index >= 15 is 0 Å². The van der Waals surface area contributed by atoms with Gasteiger partial charge in [-0.3, -0.25) is 9.59 Å². The molecule has 0 bridgehead atoms. The predicted octanol–water partition coefficient (Wildman–Crippen LogP) is 19.2. The molecule has 0 aromatic rings. The van der Waals surface area contributed by atoms with Crippen LogP contribution in [0.1, 0.15) is 348 Å². The van der Waals surface area contributed by atoms with Gasteiger partial charge in [0, 0.05) is 12.8 Å². The lowest BCUT2D eigenvalue weighted by Crippen LogP contribution is -2.45. The normalized spacial score (nSPS) is 12.6. The Morgan fingerprint density at radius 2 is 0.691 bits per heavy atom. The van der Waals surface area contributed by atoms with E-state index in [0.29, 0.717) is 25.9 Å². The fourth-order valence-corrected chi connectivity index (χ4v) is 9.81. The largest absolute Gasteiger partial charge is 0.466 e. The second-order valence-corrected chi connectivity index (χ2v) is 21.4. The quantitative estimate of drug-likeness (QED) is 0.0321. The van der Waals surface area contributed by atoms with E-state index in [2.05, 4.69) is 31.3 Å². The third-order valence-electron chi connectivity index (χ3n) is 14.6. The summed E-state index contributed by atoms with van der Waals surface area (Å²) in [6.07, 6.45) is 69.2. The summed E-state index contributed by atoms with van der Waals surface area (Å²) in [6.45, 7) is 4.94. The average molecular weight is 961 g/mol. The second kappa shape index (κ2) is 58.2. The molecule has 1 amide bonds. The summed E-state index contributed by atoms with van der Waals surface area (Å²) in [5, 5.41) is 23.4. The Morgan fingerprint density at radius 3 is 1.04 bits per heavy atom. The van der Waals surface area contributed by atoms with Crippen molar-refractivity contribution in [1.29, 1.82) is 0 Å². The summed E-state index contributed by atoms with van der Waals surface area (Å²) < 4.78 is 5.47. The number of ether oxygens (including phenoxy) is 1. The van der Waals surface area contributed by atoms with Crippen LogP contribution in [-0.2, 0) is 14.3 Å². The number of unbranched alkanes of at least 4 members (excludes halogenated alkanes) is 45. The van der Waals surface area contributed by atoms with E-state index in [9.17, 15) is 19.8 Å². The average Bonchev–Trinajstić information content (AvgIpc) is 3.34. The number of amides is 1. The lowest BCUT2D eigenvalue weighted by Gasteiger charge is -2.22. The fourth-order valence-electron chi connectivity index (χ4n) is 9.81. The molecule has 68 heavy (non-hydrogen) atoms. The highest BCUT2D eigenvalue weighted by Gasteiger charge is 2.20. The first-order chi connectivity index (χ1) is 33.5. The molecule has 0 heterocycles. The number of hydrogen-bond acceptors (Lipinski definition) is 5. The maximum absolute atomic E-state index is 12.5. The van der Waals surface area contributed by atoms with Gasteiger partial charge in [0.2, 0.25) is 5.91 Å². The third-order valence-corrected chi connectivity index (χ3v) is 14.6. The van der Waals surface area contributed by atoms with Crippen LogP contribution in [0.2, 0.25) is 0 Å². The van der Waals surface area contributed by atoms with Gasteiger partial charge in [-0.05, 0) is 51.4 Å². The predicted molar refractivity (Wildman–Crippen MR) is 297 cm³/mol. The Balaban J connectivity index is 3.44. The standard InChI is InChI=1S/C62H121NO5/c1-3-5-7-9-11-13-15-17-19-21-22-23-24-25-26-27-28-30-34-38-42-46-50-54-60(65)59(58-64)63-61(66)55-51-47-43-39-35-32-33-37-41-45-49-53-57-68-62(67)56-52-48-44-40-36-31-29-20-18-16-14-12-10-8-6-4-2/h20,29,59-60,64-65H,3-19,21-28,30-58H2,1-2H3,(H,63,66)/b29-20-. The van der Waals surface area contributed by atoms with Crippen LogP contribution in [0.3, 0.4) is 0 Å². The lowest BCUT2D eigenvalue weighted by molar-refractivity contribution is -0.143. The van der Waals surface area contributed by atoms with E-state index in [0.717, 1.165) is 57.8 Å². The van der Waals surface area contributed by atoms with Gasteiger partial charge in [0.1, 0.15) is 0 Å². The molecule has 0 aromatic carbocycles. The minimum Gasteiger partial charge on any atom is -0.466 e. The Bertz CT molecular complexity index is 1020. The van der Waals surface area contributed by atoms with Gasteiger partial charge in [-0.2, -0.15) is 0 Å². The van der Waals surface area contributed by atoms with E-state index < -0.39 is 12.1 Å². The van der Waals surface area contributed by atoms with Gasteiger partial charge in [0.15, 0.2) is 0 Å². The van der Waals surface area contributed by atoms with Gasteiger partial charge in [0.25, 0.3) is 0 Å². The highest BCUT2D eigenvalue weighted by molar-refractivity contribution is 5.76. The fraction of sp³-hybridized carbons (Fsp3) is 0.935. The van der Waals surface area contributed by atoms with Crippen LogP contribution in [-0.4, -0.2) is 47.4 Å². The van der Waals surface area contributed by atoms with Crippen molar-refractivity contribution in [2.24, 2.45) is 0 Å². The summed E-state index contributed by atoms with van der Waals surface area (Å²) in [7, 11) is 0. The first kappa shape index (κ1) is 66.6. The molecule has 0 spiro atoms. The lowest BCUT2D eigenvalue weighted by atomic mass is 10.0. The maximum atomic E-state index is 12.5. The summed E-state index contributed by atoms with van der Waals surface area (Å²) in [5.41, 5.74) is 0. The minimum atomic E-state index is -0.676. The number of aliphatic hydroxyl groups excluding tert-OH is 2. The summed E-state index contributed by atoms with van der Waals surface area (Å²) >= 11 is 0. The molecule has 6 heteroatoms. The summed E-state index contributed by atoms with van der Waals surface area (Å²) in [5.74, 6) is -0.0619. The molecular formula is C62H121NO5. The molecule has 6 nitrogen and oxygen atoms in total. The molecule has 0 saturated heterocycles. The molecule has 3 N–H and O–H groups in total. The first-order valence-corrected chi connectivity index (χ1v) is 30.9. The van der Waals surface area contributed by atoms with E-state index in [1.807, 2.05) is 0 Å². The van der Waals surface area contributed by atoms with Crippen LogP contribution in [0, 0.1) is 0 Å². The van der Waals surface area contributed by atoms with Crippen molar-refractivity contribution in [3.05, 3.63) is 12.2 Å². The molecule has 0 rings (SSSR count). The second-order valence-electron chi connectivity index (χ2n) is 21.4. The summed E-state index contributed by atoms with van der Waals surface area (Å²) in [6, 6.07) is -0.554. The maximum Gasteiger partial charge on any atom is 0.305 e. The number of aliphatic hydroxyl groups is 2. The van der Waals surface area contributed by atoms with Crippen molar-refractivity contribution < 1.29 is 24.5 Å². The molecule has 404 valence electrons. The van der Waals surface area contributed by atoms with Crippen molar-refractivity contribution in [1.82, 2.24) is 5.32 Å². The van der Waals surface area contributed by atoms with Gasteiger partial charge in [-0.25, -0.2) is 0 Å². The number of nitrogens with one attached hydrogen (secondary N) is 1. The Labute approximate surface area is 425 Å². The van der Waals surface area contributed by atoms with Crippen LogP contribution >= 0.6 is 0 Å². The molecular weight excluding hydrogens is 839 g/mol. The van der Waals surface area contributed by atoms with Crippen molar-refractivity contribution in [2.45, 2.75) is 360 Å². The zero-order valence-electron chi connectivity index (χ0n) is 46.1. The highest BCUT2D eigenvalue weighted by atomic mass is 16.5. The van der Waals surface area contributed by atoms with Crippen molar-refractivity contribution >= 4 is 11.9 Å².